The molecular formula is C27H29N5O2. The third-order valence-corrected chi connectivity index (χ3v) is 6.45. The van der Waals surface area contributed by atoms with Gasteiger partial charge in [-0.05, 0) is 59.1 Å². The van der Waals surface area contributed by atoms with Crippen molar-refractivity contribution in [2.45, 2.75) is 33.4 Å². The molecule has 2 aromatic carbocycles. The minimum absolute atomic E-state index is 0.351. The van der Waals surface area contributed by atoms with Crippen LogP contribution in [0.15, 0.2) is 48.7 Å². The number of aromatic nitrogens is 3. The predicted molar refractivity (Wildman–Crippen MR) is 135 cm³/mol. The number of para-hydroxylation sites is 1. The first kappa shape index (κ1) is 22.1. The zero-order valence-electron chi connectivity index (χ0n) is 20.1. The van der Waals surface area contributed by atoms with Crippen LogP contribution in [-0.4, -0.2) is 51.7 Å². The number of amides is 2. The Morgan fingerprint density at radius 2 is 1.74 bits per heavy atom. The predicted octanol–water partition coefficient (Wildman–Crippen LogP) is 3.84. The molecule has 7 nitrogen and oxygen atoms in total. The van der Waals surface area contributed by atoms with Gasteiger partial charge in [0, 0.05) is 41.1 Å². The summed E-state index contributed by atoms with van der Waals surface area (Å²) in [7, 11) is 4.10. The lowest BCUT2D eigenvalue weighted by Crippen LogP contribution is -2.22. The van der Waals surface area contributed by atoms with Crippen LogP contribution in [0.1, 0.15) is 30.2 Å². The number of carbonyl (C=O) groups is 2. The second-order valence-corrected chi connectivity index (χ2v) is 9.13. The smallest absolute Gasteiger partial charge is 0.261 e. The van der Waals surface area contributed by atoms with E-state index in [1.165, 1.54) is 0 Å². The minimum atomic E-state index is -0.395. The van der Waals surface area contributed by atoms with Gasteiger partial charge in [0.05, 0.1) is 16.7 Å². The maximum atomic E-state index is 13.2. The van der Waals surface area contributed by atoms with Crippen molar-refractivity contribution in [3.8, 4) is 0 Å². The molecule has 0 radical (unpaired) electrons. The summed E-state index contributed by atoms with van der Waals surface area (Å²) in [6.07, 6.45) is 2.91. The quantitative estimate of drug-likeness (QED) is 0.430. The van der Waals surface area contributed by atoms with Crippen molar-refractivity contribution < 1.29 is 9.59 Å². The lowest BCUT2D eigenvalue weighted by Gasteiger charge is -2.09. The van der Waals surface area contributed by atoms with Crippen molar-refractivity contribution in [3.05, 3.63) is 65.5 Å². The highest BCUT2D eigenvalue weighted by molar-refractivity contribution is 6.50. The number of nitrogens with zero attached hydrogens (tertiary/aromatic N) is 4. The normalized spacial score (nSPS) is 14.3. The maximum absolute atomic E-state index is 13.2. The average Bonchev–Trinajstić information content (AvgIpc) is 3.44. The number of imide groups is 1. The van der Waals surface area contributed by atoms with E-state index in [-0.39, 0.29) is 5.91 Å². The van der Waals surface area contributed by atoms with Gasteiger partial charge in [-0.2, -0.15) is 5.10 Å². The molecule has 2 aromatic heterocycles. The standard InChI is InChI=1S/C27H29N5O2/c1-5-31-16-20(19-15-17(2)11-12-21(19)31)23-24(27(34)28-26(23)33)25-18-9-6-7-10-22(18)32(29-25)14-8-13-30(3)4/h6-7,9-12,15-16H,5,8,13-14H2,1-4H3,(H,28,33,34). The summed E-state index contributed by atoms with van der Waals surface area (Å²) in [6, 6.07) is 14.1. The Hall–Kier alpha value is -3.71. The van der Waals surface area contributed by atoms with Gasteiger partial charge in [-0.3, -0.25) is 19.6 Å². The summed E-state index contributed by atoms with van der Waals surface area (Å²) in [5.74, 6) is -0.767. The summed E-state index contributed by atoms with van der Waals surface area (Å²) >= 11 is 0. The summed E-state index contributed by atoms with van der Waals surface area (Å²) in [6.45, 7) is 6.53. The van der Waals surface area contributed by atoms with Crippen molar-refractivity contribution >= 4 is 44.8 Å². The van der Waals surface area contributed by atoms with Gasteiger partial charge < -0.3 is 9.47 Å². The molecule has 0 atom stereocenters. The van der Waals surface area contributed by atoms with Crippen LogP contribution >= 0.6 is 0 Å². The average molecular weight is 456 g/mol. The SMILES string of the molecule is CCn1cc(C2=C(c3nn(CCCN(C)C)c4ccccc34)C(=O)NC2=O)c2cc(C)ccc21. The van der Waals surface area contributed by atoms with Gasteiger partial charge in [0.2, 0.25) is 0 Å². The highest BCUT2D eigenvalue weighted by Gasteiger charge is 2.36. The van der Waals surface area contributed by atoms with Crippen LogP contribution in [0.5, 0.6) is 0 Å². The Balaban J connectivity index is 1.74. The van der Waals surface area contributed by atoms with E-state index in [1.54, 1.807) is 0 Å². The summed E-state index contributed by atoms with van der Waals surface area (Å²) in [5.41, 5.74) is 5.18. The molecule has 7 heteroatoms. The number of carbonyl (C=O) groups excluding carboxylic acids is 2. The molecule has 0 aliphatic carbocycles. The fourth-order valence-electron chi connectivity index (χ4n) is 4.83. The number of hydrogen-bond donors (Lipinski definition) is 1. The van der Waals surface area contributed by atoms with Crippen molar-refractivity contribution in [1.29, 1.82) is 0 Å². The van der Waals surface area contributed by atoms with Gasteiger partial charge in [-0.15, -0.1) is 0 Å². The number of benzene rings is 2. The van der Waals surface area contributed by atoms with Gasteiger partial charge in [0.15, 0.2) is 0 Å². The van der Waals surface area contributed by atoms with Crippen molar-refractivity contribution in [1.82, 2.24) is 24.6 Å². The molecule has 1 N–H and O–H groups in total. The van der Waals surface area contributed by atoms with Crippen LogP contribution < -0.4 is 5.32 Å². The molecule has 34 heavy (non-hydrogen) atoms. The van der Waals surface area contributed by atoms with Crippen LogP contribution in [0.25, 0.3) is 33.0 Å². The molecule has 0 unspecified atom stereocenters. The van der Waals surface area contributed by atoms with Crippen LogP contribution in [-0.2, 0) is 22.7 Å². The maximum Gasteiger partial charge on any atom is 0.261 e. The zero-order valence-corrected chi connectivity index (χ0v) is 20.1. The van der Waals surface area contributed by atoms with Gasteiger partial charge >= 0.3 is 0 Å². The molecule has 3 heterocycles. The first-order valence-corrected chi connectivity index (χ1v) is 11.7. The monoisotopic (exact) mass is 455 g/mol. The van der Waals surface area contributed by atoms with Crippen molar-refractivity contribution in [3.63, 3.8) is 0 Å². The summed E-state index contributed by atoms with van der Waals surface area (Å²) < 4.78 is 4.07. The van der Waals surface area contributed by atoms with Gasteiger partial charge in [-0.1, -0.05) is 29.8 Å². The zero-order chi connectivity index (χ0) is 24.0. The van der Waals surface area contributed by atoms with E-state index < -0.39 is 5.91 Å². The largest absolute Gasteiger partial charge is 0.347 e. The minimum Gasteiger partial charge on any atom is -0.347 e. The van der Waals surface area contributed by atoms with E-state index in [0.717, 1.165) is 59.0 Å². The second-order valence-electron chi connectivity index (χ2n) is 9.13. The Kier molecular flexibility index (Phi) is 5.57. The molecule has 0 spiro atoms. The third kappa shape index (κ3) is 3.62. The molecule has 0 saturated carbocycles. The summed E-state index contributed by atoms with van der Waals surface area (Å²) in [5, 5.41) is 9.25. The first-order valence-electron chi connectivity index (χ1n) is 11.7. The molecule has 5 rings (SSSR count). The fourth-order valence-corrected chi connectivity index (χ4v) is 4.83. The number of hydrogen-bond acceptors (Lipinski definition) is 4. The molecular weight excluding hydrogens is 426 g/mol. The van der Waals surface area contributed by atoms with Gasteiger partial charge in [0.1, 0.15) is 5.69 Å². The van der Waals surface area contributed by atoms with E-state index in [4.69, 9.17) is 5.10 Å². The molecule has 174 valence electrons. The van der Waals surface area contributed by atoms with E-state index >= 15 is 0 Å². The summed E-state index contributed by atoms with van der Waals surface area (Å²) in [4.78, 5) is 28.4. The third-order valence-electron chi connectivity index (χ3n) is 6.45. The number of rotatable bonds is 7. The molecule has 0 bridgehead atoms. The molecule has 4 aromatic rings. The van der Waals surface area contributed by atoms with E-state index in [0.29, 0.717) is 16.8 Å². The molecule has 2 amide bonds. The van der Waals surface area contributed by atoms with Gasteiger partial charge in [0.25, 0.3) is 11.8 Å². The highest BCUT2D eigenvalue weighted by Crippen LogP contribution is 2.38. The van der Waals surface area contributed by atoms with Crippen LogP contribution in [0.2, 0.25) is 0 Å². The molecule has 0 fully saturated rings. The molecule has 0 saturated heterocycles. The van der Waals surface area contributed by atoms with Crippen molar-refractivity contribution in [2.24, 2.45) is 0 Å². The lowest BCUT2D eigenvalue weighted by molar-refractivity contribution is -0.122. The topological polar surface area (TPSA) is 72.2 Å². The number of fused-ring (bicyclic) bond motifs is 2. The number of aryl methyl sites for hydroxylation is 3. The van der Waals surface area contributed by atoms with Gasteiger partial charge in [-0.25, -0.2) is 0 Å². The fraction of sp³-hybridized carbons (Fsp3) is 0.296. The first-order chi connectivity index (χ1) is 16.4. The van der Waals surface area contributed by atoms with E-state index in [9.17, 15) is 9.59 Å². The number of nitrogens with one attached hydrogen (secondary N) is 1. The van der Waals surface area contributed by atoms with Crippen LogP contribution in [0.4, 0.5) is 0 Å². The Bertz CT molecular complexity index is 1470. The molecule has 1 aliphatic heterocycles. The lowest BCUT2D eigenvalue weighted by atomic mass is 9.97. The Morgan fingerprint density at radius 3 is 2.50 bits per heavy atom. The van der Waals surface area contributed by atoms with E-state index in [1.807, 2.05) is 56.2 Å². The Morgan fingerprint density at radius 1 is 0.971 bits per heavy atom. The second kappa shape index (κ2) is 8.57. The van der Waals surface area contributed by atoms with Crippen LogP contribution in [0.3, 0.4) is 0 Å². The molecule has 1 aliphatic rings. The van der Waals surface area contributed by atoms with E-state index in [2.05, 4.69) is 39.9 Å². The Labute approximate surface area is 198 Å². The highest BCUT2D eigenvalue weighted by atomic mass is 16.2. The van der Waals surface area contributed by atoms with Crippen LogP contribution in [0, 0.1) is 6.92 Å². The van der Waals surface area contributed by atoms with Crippen molar-refractivity contribution in [2.75, 3.05) is 20.6 Å².